The molecule has 0 aliphatic carbocycles. The second-order valence-electron chi connectivity index (χ2n) is 7.05. The Labute approximate surface area is 171 Å². The van der Waals surface area contributed by atoms with E-state index >= 15 is 0 Å². The number of hydrogen-bond donors (Lipinski definition) is 0. The third kappa shape index (κ3) is 4.27. The van der Waals surface area contributed by atoms with E-state index in [1.54, 1.807) is 0 Å². The van der Waals surface area contributed by atoms with E-state index in [0.29, 0.717) is 0 Å². The van der Waals surface area contributed by atoms with Gasteiger partial charge in [-0.25, -0.2) is 4.79 Å². The van der Waals surface area contributed by atoms with Gasteiger partial charge in [-0.1, -0.05) is 48.9 Å². The molecule has 0 radical (unpaired) electrons. The maximum atomic E-state index is 12.4. The van der Waals surface area contributed by atoms with E-state index in [-0.39, 0.29) is 6.54 Å². The molecule has 152 valence electrons. The normalized spacial score (nSPS) is 11.6. The first-order valence-electron chi connectivity index (χ1n) is 9.51. The summed E-state index contributed by atoms with van der Waals surface area (Å²) in [6.07, 6.45) is 2.08. The van der Waals surface area contributed by atoms with E-state index in [2.05, 4.69) is 31.7 Å². The van der Waals surface area contributed by atoms with Crippen molar-refractivity contribution < 1.29 is 17.4 Å². The van der Waals surface area contributed by atoms with Gasteiger partial charge in [0, 0.05) is 22.2 Å². The molecule has 1 heterocycles. The van der Waals surface area contributed by atoms with Crippen LogP contribution in [0, 0.1) is 13.8 Å². The number of fused-ring (bicyclic) bond motifs is 1. The maximum Gasteiger partial charge on any atom is 0.341 e. The SMILES string of the molecule is C=CCS(=O)(=O)OC(=O)Cn1c(C)c(-c2ccccc2CC)c2cc(C)ccc21. The summed E-state index contributed by atoms with van der Waals surface area (Å²) in [4.78, 5) is 12.4. The summed E-state index contributed by atoms with van der Waals surface area (Å²) in [5, 5.41) is 1.03. The first-order valence-corrected chi connectivity index (χ1v) is 11.1. The lowest BCUT2D eigenvalue weighted by atomic mass is 9.95. The molecule has 29 heavy (non-hydrogen) atoms. The summed E-state index contributed by atoms with van der Waals surface area (Å²) in [6, 6.07) is 14.2. The molecule has 2 aromatic carbocycles. The van der Waals surface area contributed by atoms with Crippen LogP contribution in [-0.2, 0) is 32.1 Å². The van der Waals surface area contributed by atoms with Crippen molar-refractivity contribution in [3.8, 4) is 11.1 Å². The highest BCUT2D eigenvalue weighted by Gasteiger charge is 2.22. The largest absolute Gasteiger partial charge is 0.344 e. The number of aryl methyl sites for hydroxylation is 2. The standard InChI is InChI=1S/C23H25NO4S/c1-5-13-29(26,27)28-22(25)15-24-17(4)23(19-10-8-7-9-18(19)6-2)20-14-16(3)11-12-21(20)24/h5,7-12,14H,1,6,13,15H2,2-4H3. The average molecular weight is 412 g/mol. The maximum absolute atomic E-state index is 12.4. The van der Waals surface area contributed by atoms with Gasteiger partial charge >= 0.3 is 16.1 Å². The predicted molar refractivity (Wildman–Crippen MR) is 116 cm³/mol. The molecule has 0 saturated heterocycles. The zero-order valence-electron chi connectivity index (χ0n) is 16.9. The van der Waals surface area contributed by atoms with Gasteiger partial charge in [0.2, 0.25) is 0 Å². The minimum Gasteiger partial charge on any atom is -0.344 e. The highest BCUT2D eigenvalue weighted by molar-refractivity contribution is 7.87. The molecule has 0 unspecified atom stereocenters. The molecule has 3 rings (SSSR count). The van der Waals surface area contributed by atoms with Gasteiger partial charge in [-0.3, -0.25) is 0 Å². The molecule has 0 saturated carbocycles. The predicted octanol–water partition coefficient (Wildman–Crippen LogP) is 4.55. The van der Waals surface area contributed by atoms with Gasteiger partial charge in [-0.2, -0.15) is 8.42 Å². The topological polar surface area (TPSA) is 65.4 Å². The molecular formula is C23H25NO4S. The second-order valence-corrected chi connectivity index (χ2v) is 8.66. The molecule has 0 atom stereocenters. The molecule has 0 fully saturated rings. The van der Waals surface area contributed by atoms with Crippen molar-refractivity contribution in [3.63, 3.8) is 0 Å². The molecule has 0 aliphatic heterocycles. The van der Waals surface area contributed by atoms with Crippen LogP contribution >= 0.6 is 0 Å². The van der Waals surface area contributed by atoms with Gasteiger partial charge < -0.3 is 8.75 Å². The molecule has 3 aromatic rings. The van der Waals surface area contributed by atoms with Crippen molar-refractivity contribution in [1.29, 1.82) is 0 Å². The molecule has 0 aliphatic rings. The van der Waals surface area contributed by atoms with Crippen LogP contribution < -0.4 is 0 Å². The molecule has 6 heteroatoms. The Hall–Kier alpha value is -2.86. The highest BCUT2D eigenvalue weighted by atomic mass is 32.2. The second kappa shape index (κ2) is 8.25. The van der Waals surface area contributed by atoms with E-state index in [9.17, 15) is 13.2 Å². The zero-order valence-corrected chi connectivity index (χ0v) is 17.8. The van der Waals surface area contributed by atoms with Crippen molar-refractivity contribution in [2.24, 2.45) is 0 Å². The van der Waals surface area contributed by atoms with E-state index in [1.165, 1.54) is 11.6 Å². The van der Waals surface area contributed by atoms with Crippen LogP contribution in [0.25, 0.3) is 22.0 Å². The monoisotopic (exact) mass is 411 g/mol. The average Bonchev–Trinajstić information content (AvgIpc) is 2.92. The van der Waals surface area contributed by atoms with Gasteiger partial charge in [-0.05, 0) is 43.5 Å². The summed E-state index contributed by atoms with van der Waals surface area (Å²) in [7, 11) is -3.96. The van der Waals surface area contributed by atoms with E-state index < -0.39 is 21.8 Å². The van der Waals surface area contributed by atoms with Crippen molar-refractivity contribution >= 4 is 27.0 Å². The Morgan fingerprint density at radius 3 is 2.59 bits per heavy atom. The lowest BCUT2D eigenvalue weighted by Gasteiger charge is -2.10. The number of carbonyl (C=O) groups is 1. The molecule has 0 N–H and O–H groups in total. The Bertz CT molecular complexity index is 1190. The first kappa shape index (κ1) is 20.9. The number of rotatable bonds is 7. The Morgan fingerprint density at radius 1 is 1.17 bits per heavy atom. The molecular weight excluding hydrogens is 386 g/mol. The minimum absolute atomic E-state index is 0.184. The van der Waals surface area contributed by atoms with Crippen LogP contribution in [0.4, 0.5) is 0 Å². The number of carbonyl (C=O) groups excluding carboxylic acids is 1. The smallest absolute Gasteiger partial charge is 0.341 e. The summed E-state index contributed by atoms with van der Waals surface area (Å²) in [6.45, 7) is 9.28. The summed E-state index contributed by atoms with van der Waals surface area (Å²) in [5.74, 6) is -1.22. The fourth-order valence-electron chi connectivity index (χ4n) is 3.69. The minimum atomic E-state index is -3.96. The first-order chi connectivity index (χ1) is 13.8. The lowest BCUT2D eigenvalue weighted by Crippen LogP contribution is -2.20. The molecule has 0 amide bonds. The number of nitrogens with zero attached hydrogens (tertiary/aromatic N) is 1. The third-order valence-electron chi connectivity index (χ3n) is 4.98. The van der Waals surface area contributed by atoms with Gasteiger partial charge in [0.25, 0.3) is 0 Å². The fourth-order valence-corrected chi connectivity index (χ4v) is 4.38. The van der Waals surface area contributed by atoms with Gasteiger partial charge in [-0.15, -0.1) is 6.58 Å². The van der Waals surface area contributed by atoms with Gasteiger partial charge in [0.1, 0.15) is 12.3 Å². The van der Waals surface area contributed by atoms with Crippen LogP contribution in [0.1, 0.15) is 23.7 Å². The van der Waals surface area contributed by atoms with Crippen LogP contribution in [-0.4, -0.2) is 24.7 Å². The van der Waals surface area contributed by atoms with Crippen LogP contribution in [0.2, 0.25) is 0 Å². The Balaban J connectivity index is 2.13. The molecule has 5 nitrogen and oxygen atoms in total. The Morgan fingerprint density at radius 2 is 1.90 bits per heavy atom. The van der Waals surface area contributed by atoms with Crippen LogP contribution in [0.15, 0.2) is 55.1 Å². The lowest BCUT2D eigenvalue weighted by molar-refractivity contribution is -0.134. The summed E-state index contributed by atoms with van der Waals surface area (Å²) in [5.41, 5.74) is 6.27. The van der Waals surface area contributed by atoms with Crippen LogP contribution in [0.3, 0.4) is 0 Å². The van der Waals surface area contributed by atoms with Gasteiger partial charge in [0.05, 0.1) is 0 Å². The third-order valence-corrected chi connectivity index (χ3v) is 6.06. The van der Waals surface area contributed by atoms with Gasteiger partial charge in [0.15, 0.2) is 0 Å². The number of hydrogen-bond acceptors (Lipinski definition) is 4. The molecule has 0 bridgehead atoms. The zero-order chi connectivity index (χ0) is 21.2. The molecule has 0 spiro atoms. The number of benzene rings is 2. The summed E-state index contributed by atoms with van der Waals surface area (Å²) < 4.78 is 30.2. The van der Waals surface area contributed by atoms with Crippen molar-refractivity contribution in [1.82, 2.24) is 4.57 Å². The quantitative estimate of drug-likeness (QED) is 0.423. The van der Waals surface area contributed by atoms with Crippen molar-refractivity contribution in [2.75, 3.05) is 5.75 Å². The van der Waals surface area contributed by atoms with E-state index in [4.69, 9.17) is 4.18 Å². The van der Waals surface area contributed by atoms with E-state index in [1.807, 2.05) is 42.7 Å². The molecule has 1 aromatic heterocycles. The highest BCUT2D eigenvalue weighted by Crippen LogP contribution is 2.37. The Kier molecular flexibility index (Phi) is 5.94. The number of aromatic nitrogens is 1. The van der Waals surface area contributed by atoms with Crippen LogP contribution in [0.5, 0.6) is 0 Å². The van der Waals surface area contributed by atoms with Crippen molar-refractivity contribution in [2.45, 2.75) is 33.7 Å². The van der Waals surface area contributed by atoms with Crippen molar-refractivity contribution in [3.05, 3.63) is 71.9 Å². The summed E-state index contributed by atoms with van der Waals surface area (Å²) >= 11 is 0. The van der Waals surface area contributed by atoms with E-state index in [0.717, 1.165) is 39.7 Å². The fraction of sp³-hybridized carbons (Fsp3) is 0.261.